The highest BCUT2D eigenvalue weighted by molar-refractivity contribution is 5.90. The Hall–Kier alpha value is -1.57. The normalized spacial score (nSPS) is 23.0. The lowest BCUT2D eigenvalue weighted by Crippen LogP contribution is -2.48. The van der Waals surface area contributed by atoms with E-state index in [0.29, 0.717) is 19.3 Å². The van der Waals surface area contributed by atoms with Crippen molar-refractivity contribution < 1.29 is 27.4 Å². The number of halogens is 3. The van der Waals surface area contributed by atoms with Gasteiger partial charge in [-0.3, -0.25) is 4.68 Å². The molecule has 3 rings (SSSR count). The molecule has 0 bridgehead atoms. The lowest BCUT2D eigenvalue weighted by molar-refractivity contribution is -0.190. The summed E-state index contributed by atoms with van der Waals surface area (Å²) in [6.45, 7) is 5.51. The van der Waals surface area contributed by atoms with Gasteiger partial charge in [0.05, 0.1) is 30.6 Å². The van der Waals surface area contributed by atoms with Gasteiger partial charge in [0.15, 0.2) is 5.69 Å². The summed E-state index contributed by atoms with van der Waals surface area (Å²) in [5.41, 5.74) is -1.76. The van der Waals surface area contributed by atoms with Gasteiger partial charge in [-0.05, 0) is 33.6 Å². The Bertz CT molecular complexity index is 640. The van der Waals surface area contributed by atoms with Crippen LogP contribution in [-0.2, 0) is 22.2 Å². The van der Waals surface area contributed by atoms with Crippen LogP contribution in [0.3, 0.4) is 0 Å². The zero-order valence-electron chi connectivity index (χ0n) is 13.9. The molecule has 1 unspecified atom stereocenters. The Morgan fingerprint density at radius 2 is 2.04 bits per heavy atom. The van der Waals surface area contributed by atoms with Crippen molar-refractivity contribution in [2.45, 2.75) is 70.4 Å². The second kappa shape index (κ2) is 5.75. The van der Waals surface area contributed by atoms with Crippen LogP contribution in [0.15, 0.2) is 0 Å². The van der Waals surface area contributed by atoms with E-state index in [1.54, 1.807) is 6.92 Å². The number of alkyl halides is 3. The fourth-order valence-corrected chi connectivity index (χ4v) is 3.23. The van der Waals surface area contributed by atoms with Crippen LogP contribution in [0.5, 0.6) is 0 Å². The average Bonchev–Trinajstić information content (AvgIpc) is 3.17. The molecule has 1 saturated heterocycles. The quantitative estimate of drug-likeness (QED) is 0.766. The average molecular weight is 346 g/mol. The van der Waals surface area contributed by atoms with E-state index in [1.165, 1.54) is 0 Å². The van der Waals surface area contributed by atoms with Crippen LogP contribution in [0.4, 0.5) is 13.2 Å². The maximum absolute atomic E-state index is 13.6. The minimum atomic E-state index is -4.64. The number of rotatable bonds is 5. The number of hydrogen-bond donors (Lipinski definition) is 0. The molecule has 24 heavy (non-hydrogen) atoms. The summed E-state index contributed by atoms with van der Waals surface area (Å²) in [4.78, 5) is 12.2. The maximum atomic E-state index is 13.6. The van der Waals surface area contributed by atoms with Gasteiger partial charge in [-0.2, -0.15) is 18.3 Å². The maximum Gasteiger partial charge on any atom is 0.420 e. The molecule has 2 heterocycles. The summed E-state index contributed by atoms with van der Waals surface area (Å²) < 4.78 is 52.4. The second-order valence-electron chi connectivity index (χ2n) is 6.99. The van der Waals surface area contributed by atoms with Crippen LogP contribution in [0.25, 0.3) is 0 Å². The van der Waals surface area contributed by atoms with E-state index in [2.05, 4.69) is 5.10 Å². The van der Waals surface area contributed by atoms with E-state index in [9.17, 15) is 18.0 Å². The van der Waals surface area contributed by atoms with Crippen molar-refractivity contribution >= 4 is 5.97 Å². The molecule has 5 nitrogen and oxygen atoms in total. The number of carbonyl (C=O) groups is 1. The van der Waals surface area contributed by atoms with Gasteiger partial charge >= 0.3 is 12.1 Å². The molecule has 1 aliphatic carbocycles. The predicted octanol–water partition coefficient (Wildman–Crippen LogP) is 3.52. The molecule has 1 atom stereocenters. The molecule has 2 aliphatic rings. The molecule has 1 aromatic heterocycles. The van der Waals surface area contributed by atoms with Gasteiger partial charge in [-0.15, -0.1) is 0 Å². The summed E-state index contributed by atoms with van der Waals surface area (Å²) in [5.74, 6) is -1.21. The highest BCUT2D eigenvalue weighted by Gasteiger charge is 2.47. The fourth-order valence-electron chi connectivity index (χ4n) is 3.23. The topological polar surface area (TPSA) is 53.3 Å². The standard InChI is InChI=1S/C16H21F3N2O3/c1-4-23-14(22)13-11(16(17,18)19)12(9-5-6-9)20-21(13)8-10-7-15(2,3)24-10/h9-10H,4-8H2,1-3H3. The third kappa shape index (κ3) is 3.29. The highest BCUT2D eigenvalue weighted by atomic mass is 19.4. The molecule has 0 N–H and O–H groups in total. The van der Waals surface area contributed by atoms with E-state index >= 15 is 0 Å². The molecular weight excluding hydrogens is 325 g/mol. The summed E-state index contributed by atoms with van der Waals surface area (Å²) in [6.07, 6.45) is -2.86. The van der Waals surface area contributed by atoms with Crippen LogP contribution in [0.1, 0.15) is 67.7 Å². The number of carbonyl (C=O) groups excluding carboxylic acids is 1. The molecule has 1 aliphatic heterocycles. The van der Waals surface area contributed by atoms with Crippen LogP contribution in [0, 0.1) is 0 Å². The van der Waals surface area contributed by atoms with Crippen LogP contribution in [-0.4, -0.2) is 34.1 Å². The molecule has 0 amide bonds. The van der Waals surface area contributed by atoms with Gasteiger partial charge in [0.25, 0.3) is 0 Å². The first-order chi connectivity index (χ1) is 11.1. The van der Waals surface area contributed by atoms with Crippen molar-refractivity contribution in [1.29, 1.82) is 0 Å². The lowest BCUT2D eigenvalue weighted by atomic mass is 9.93. The minimum Gasteiger partial charge on any atom is -0.461 e. The summed E-state index contributed by atoms with van der Waals surface area (Å²) in [5, 5.41) is 4.13. The first kappa shape index (κ1) is 17.3. The van der Waals surface area contributed by atoms with Gasteiger partial charge in [-0.25, -0.2) is 4.79 Å². The number of aromatic nitrogens is 2. The zero-order chi connectivity index (χ0) is 17.7. The lowest BCUT2D eigenvalue weighted by Gasteiger charge is -2.43. The largest absolute Gasteiger partial charge is 0.461 e. The summed E-state index contributed by atoms with van der Waals surface area (Å²) in [7, 11) is 0. The van der Waals surface area contributed by atoms with Crippen molar-refractivity contribution in [3.05, 3.63) is 17.0 Å². The van der Waals surface area contributed by atoms with Gasteiger partial charge in [0.2, 0.25) is 0 Å². The fraction of sp³-hybridized carbons (Fsp3) is 0.750. The van der Waals surface area contributed by atoms with Crippen molar-refractivity contribution in [2.75, 3.05) is 6.61 Å². The van der Waals surface area contributed by atoms with Crippen molar-refractivity contribution in [1.82, 2.24) is 9.78 Å². The molecule has 2 fully saturated rings. The monoisotopic (exact) mass is 346 g/mol. The predicted molar refractivity (Wildman–Crippen MR) is 78.7 cm³/mol. The Labute approximate surface area is 138 Å². The Morgan fingerprint density at radius 1 is 1.42 bits per heavy atom. The van der Waals surface area contributed by atoms with Crippen molar-refractivity contribution in [2.24, 2.45) is 0 Å². The van der Waals surface area contributed by atoms with Crippen molar-refractivity contribution in [3.8, 4) is 0 Å². The van der Waals surface area contributed by atoms with Crippen LogP contribution < -0.4 is 0 Å². The number of hydrogen-bond acceptors (Lipinski definition) is 4. The third-order valence-electron chi connectivity index (χ3n) is 4.28. The number of nitrogens with zero attached hydrogens (tertiary/aromatic N) is 2. The minimum absolute atomic E-state index is 0.00698. The Balaban J connectivity index is 1.98. The zero-order valence-corrected chi connectivity index (χ0v) is 13.9. The third-order valence-corrected chi connectivity index (χ3v) is 4.28. The molecular formula is C16H21F3N2O3. The van der Waals surface area contributed by atoms with Gasteiger partial charge in [0, 0.05) is 12.3 Å². The number of esters is 1. The molecule has 0 radical (unpaired) electrons. The van der Waals surface area contributed by atoms with Gasteiger partial charge in [-0.1, -0.05) is 0 Å². The molecule has 0 aromatic carbocycles. The Kier molecular flexibility index (Phi) is 4.14. The first-order valence-corrected chi connectivity index (χ1v) is 8.15. The SMILES string of the molecule is CCOC(=O)c1c(C(F)(F)F)c(C2CC2)nn1CC1CC(C)(C)O1. The smallest absolute Gasteiger partial charge is 0.420 e. The molecule has 1 saturated carbocycles. The van der Waals surface area contributed by atoms with E-state index in [4.69, 9.17) is 9.47 Å². The van der Waals surface area contributed by atoms with E-state index in [1.807, 2.05) is 13.8 Å². The van der Waals surface area contributed by atoms with E-state index in [0.717, 1.165) is 4.68 Å². The number of ether oxygens (including phenoxy) is 2. The second-order valence-corrected chi connectivity index (χ2v) is 6.99. The van der Waals surface area contributed by atoms with Crippen LogP contribution >= 0.6 is 0 Å². The van der Waals surface area contributed by atoms with Crippen molar-refractivity contribution in [3.63, 3.8) is 0 Å². The first-order valence-electron chi connectivity index (χ1n) is 8.15. The Morgan fingerprint density at radius 3 is 2.50 bits per heavy atom. The van der Waals surface area contributed by atoms with E-state index in [-0.39, 0.29) is 36.5 Å². The molecule has 1 aromatic rings. The van der Waals surface area contributed by atoms with Gasteiger partial charge < -0.3 is 9.47 Å². The molecule has 0 spiro atoms. The van der Waals surface area contributed by atoms with Crippen LogP contribution in [0.2, 0.25) is 0 Å². The summed E-state index contributed by atoms with van der Waals surface area (Å²) in [6, 6.07) is 0. The van der Waals surface area contributed by atoms with E-state index < -0.39 is 23.4 Å². The highest BCUT2D eigenvalue weighted by Crippen LogP contribution is 2.47. The molecule has 8 heteroatoms. The molecule has 134 valence electrons. The summed E-state index contributed by atoms with van der Waals surface area (Å²) >= 11 is 0. The van der Waals surface area contributed by atoms with Gasteiger partial charge in [0.1, 0.15) is 5.56 Å².